The third-order valence-corrected chi connectivity index (χ3v) is 5.98. The van der Waals surface area contributed by atoms with Gasteiger partial charge in [0.15, 0.2) is 11.5 Å². The van der Waals surface area contributed by atoms with Crippen LogP contribution in [0.3, 0.4) is 0 Å². The van der Waals surface area contributed by atoms with Gasteiger partial charge in [-0.25, -0.2) is 4.98 Å². The fourth-order valence-corrected chi connectivity index (χ4v) is 3.96. The molecule has 1 saturated carbocycles. The summed E-state index contributed by atoms with van der Waals surface area (Å²) in [5.41, 5.74) is 0.863. The van der Waals surface area contributed by atoms with E-state index in [9.17, 15) is 18.4 Å². The molecule has 4 rings (SSSR count). The molecule has 1 atom stereocenters. The molecule has 0 radical (unpaired) electrons. The first-order valence-corrected chi connectivity index (χ1v) is 10.5. The molecule has 0 bridgehead atoms. The molecule has 1 aliphatic rings. The Balaban J connectivity index is 1.75. The number of rotatable bonds is 6. The van der Waals surface area contributed by atoms with Gasteiger partial charge in [-0.1, -0.05) is 18.6 Å². The molecule has 1 aliphatic carbocycles. The van der Waals surface area contributed by atoms with Gasteiger partial charge < -0.3 is 9.88 Å². The van der Waals surface area contributed by atoms with E-state index in [1.165, 1.54) is 18.6 Å². The number of fused-ring (bicyclic) bond motifs is 1. The Morgan fingerprint density at radius 1 is 1.23 bits per heavy atom. The average Bonchev–Trinajstić information content (AvgIpc) is 3.03. The molecule has 10 heteroatoms. The number of hydrogen-bond donors (Lipinski definition) is 1. The summed E-state index contributed by atoms with van der Waals surface area (Å²) in [4.78, 5) is 13.0. The SMILES string of the molecule is CC(Nc1nc(C#N)nc2nc(CCl)n(Cc3ccc(C(F)(F)F)cc3)c12)C1CCC1. The van der Waals surface area contributed by atoms with Crippen LogP contribution >= 0.6 is 11.6 Å². The maximum absolute atomic E-state index is 12.9. The number of hydrogen-bond acceptors (Lipinski definition) is 5. The summed E-state index contributed by atoms with van der Waals surface area (Å²) in [6, 6.07) is 7.07. The molecule has 1 N–H and O–H groups in total. The first kappa shape index (κ1) is 21.4. The summed E-state index contributed by atoms with van der Waals surface area (Å²) in [5, 5.41) is 12.7. The lowest BCUT2D eigenvalue weighted by atomic mass is 9.80. The molecule has 3 aromatic rings. The van der Waals surface area contributed by atoms with Gasteiger partial charge in [0.25, 0.3) is 0 Å². The highest BCUT2D eigenvalue weighted by atomic mass is 35.5. The Bertz CT molecular complexity index is 1130. The molecule has 0 aliphatic heterocycles. The average molecular weight is 449 g/mol. The predicted molar refractivity (Wildman–Crippen MR) is 111 cm³/mol. The highest BCUT2D eigenvalue weighted by Gasteiger charge is 2.30. The van der Waals surface area contributed by atoms with Crippen LogP contribution in [-0.4, -0.2) is 25.6 Å². The first-order chi connectivity index (χ1) is 14.8. The van der Waals surface area contributed by atoms with Crippen LogP contribution in [0.2, 0.25) is 0 Å². The van der Waals surface area contributed by atoms with Gasteiger partial charge in [-0.2, -0.15) is 28.4 Å². The highest BCUT2D eigenvalue weighted by molar-refractivity contribution is 6.16. The largest absolute Gasteiger partial charge is 0.416 e. The van der Waals surface area contributed by atoms with E-state index >= 15 is 0 Å². The Morgan fingerprint density at radius 3 is 2.48 bits per heavy atom. The summed E-state index contributed by atoms with van der Waals surface area (Å²) >= 11 is 6.10. The molecular formula is C21H20ClF3N6. The van der Waals surface area contributed by atoms with Crippen molar-refractivity contribution < 1.29 is 13.2 Å². The van der Waals surface area contributed by atoms with Crippen molar-refractivity contribution in [1.29, 1.82) is 5.26 Å². The Labute approximate surface area is 182 Å². The minimum atomic E-state index is -4.39. The van der Waals surface area contributed by atoms with Crippen molar-refractivity contribution >= 4 is 28.6 Å². The van der Waals surface area contributed by atoms with Gasteiger partial charge in [0.05, 0.1) is 11.4 Å². The fourth-order valence-electron chi connectivity index (χ4n) is 3.76. The van der Waals surface area contributed by atoms with Gasteiger partial charge in [-0.05, 0) is 43.4 Å². The van der Waals surface area contributed by atoms with Gasteiger partial charge in [0.1, 0.15) is 17.4 Å². The molecule has 1 unspecified atom stereocenters. The van der Waals surface area contributed by atoms with Crippen LogP contribution in [0.25, 0.3) is 11.2 Å². The topological polar surface area (TPSA) is 79.4 Å². The van der Waals surface area contributed by atoms with E-state index in [4.69, 9.17) is 11.6 Å². The molecule has 6 nitrogen and oxygen atoms in total. The summed E-state index contributed by atoms with van der Waals surface area (Å²) in [7, 11) is 0. The Morgan fingerprint density at radius 2 is 1.94 bits per heavy atom. The maximum Gasteiger partial charge on any atom is 0.416 e. The van der Waals surface area contributed by atoms with Crippen molar-refractivity contribution in [2.24, 2.45) is 5.92 Å². The van der Waals surface area contributed by atoms with Crippen LogP contribution in [-0.2, 0) is 18.6 Å². The molecule has 2 aromatic heterocycles. The molecule has 1 aromatic carbocycles. The molecule has 2 heterocycles. The number of alkyl halides is 4. The van der Waals surface area contributed by atoms with E-state index in [1.54, 1.807) is 4.57 Å². The summed E-state index contributed by atoms with van der Waals surface area (Å²) < 4.78 is 40.4. The zero-order valence-corrected chi connectivity index (χ0v) is 17.5. The van der Waals surface area contributed by atoms with Gasteiger partial charge in [-0.3, -0.25) is 0 Å². The molecule has 1 fully saturated rings. The van der Waals surface area contributed by atoms with E-state index in [-0.39, 0.29) is 24.3 Å². The minimum absolute atomic E-state index is 0.00360. The maximum atomic E-state index is 12.9. The Hall–Kier alpha value is -2.86. The van der Waals surface area contributed by atoms with Crippen molar-refractivity contribution in [2.75, 3.05) is 5.32 Å². The van der Waals surface area contributed by atoms with Crippen molar-refractivity contribution in [3.63, 3.8) is 0 Å². The number of aromatic nitrogens is 4. The highest BCUT2D eigenvalue weighted by Crippen LogP contribution is 2.33. The number of nitrogens with zero attached hydrogens (tertiary/aromatic N) is 5. The predicted octanol–water partition coefficient (Wildman–Crippen LogP) is 5.10. The summed E-state index contributed by atoms with van der Waals surface area (Å²) in [5.74, 6) is 1.58. The van der Waals surface area contributed by atoms with E-state index in [1.807, 2.05) is 6.07 Å². The van der Waals surface area contributed by atoms with Gasteiger partial charge in [0, 0.05) is 12.6 Å². The van der Waals surface area contributed by atoms with Crippen molar-refractivity contribution in [2.45, 2.75) is 50.8 Å². The monoisotopic (exact) mass is 448 g/mol. The van der Waals surface area contributed by atoms with Crippen LogP contribution in [0, 0.1) is 17.2 Å². The summed E-state index contributed by atoms with van der Waals surface area (Å²) in [6.07, 6.45) is -0.935. The van der Waals surface area contributed by atoms with E-state index < -0.39 is 11.7 Å². The number of benzene rings is 1. The van der Waals surface area contributed by atoms with Crippen LogP contribution in [0.15, 0.2) is 24.3 Å². The molecule has 0 spiro atoms. The van der Waals surface area contributed by atoms with Gasteiger partial charge in [-0.15, -0.1) is 11.6 Å². The molecular weight excluding hydrogens is 429 g/mol. The number of nitriles is 1. The molecule has 162 valence electrons. The van der Waals surface area contributed by atoms with E-state index in [2.05, 4.69) is 27.2 Å². The zero-order chi connectivity index (χ0) is 22.2. The first-order valence-electron chi connectivity index (χ1n) is 9.96. The Kier molecular flexibility index (Phi) is 5.75. The molecule has 0 amide bonds. The second-order valence-corrected chi connectivity index (χ2v) is 8.01. The number of anilines is 1. The summed E-state index contributed by atoms with van der Waals surface area (Å²) in [6.45, 7) is 2.32. The van der Waals surface area contributed by atoms with Crippen LogP contribution in [0.1, 0.15) is 49.0 Å². The smallest absolute Gasteiger partial charge is 0.365 e. The van der Waals surface area contributed by atoms with Crippen molar-refractivity contribution in [1.82, 2.24) is 19.5 Å². The van der Waals surface area contributed by atoms with E-state index in [0.29, 0.717) is 34.3 Å². The van der Waals surface area contributed by atoms with Crippen molar-refractivity contribution in [3.05, 3.63) is 47.0 Å². The van der Waals surface area contributed by atoms with Gasteiger partial charge in [0.2, 0.25) is 5.82 Å². The second kappa shape index (κ2) is 8.35. The molecule has 0 saturated heterocycles. The number of imidazole rings is 1. The third kappa shape index (κ3) is 4.30. The fraction of sp³-hybridized carbons (Fsp3) is 0.429. The van der Waals surface area contributed by atoms with Crippen LogP contribution in [0.5, 0.6) is 0 Å². The lowest BCUT2D eigenvalue weighted by molar-refractivity contribution is -0.137. The minimum Gasteiger partial charge on any atom is -0.365 e. The molecule has 31 heavy (non-hydrogen) atoms. The lowest BCUT2D eigenvalue weighted by Crippen LogP contribution is -2.31. The normalized spacial score (nSPS) is 15.5. The van der Waals surface area contributed by atoms with Crippen molar-refractivity contribution in [3.8, 4) is 6.07 Å². The quantitative estimate of drug-likeness (QED) is 0.530. The van der Waals surface area contributed by atoms with Crippen LogP contribution < -0.4 is 5.32 Å². The lowest BCUT2D eigenvalue weighted by Gasteiger charge is -2.32. The standard InChI is InChI=1S/C21H20ClF3N6/c1-12(14-3-2-4-14)27-19-18-20(29-16(10-26)28-19)30-17(9-22)31(18)11-13-5-7-15(8-6-13)21(23,24)25/h5-8,12,14H,2-4,9,11H2,1H3,(H,27,28,29). The number of halogens is 4. The van der Waals surface area contributed by atoms with Gasteiger partial charge >= 0.3 is 6.18 Å². The van der Waals surface area contributed by atoms with Crippen LogP contribution in [0.4, 0.5) is 19.0 Å². The van der Waals surface area contributed by atoms with E-state index in [0.717, 1.165) is 25.0 Å². The second-order valence-electron chi connectivity index (χ2n) is 7.75. The third-order valence-electron chi connectivity index (χ3n) is 5.74. The zero-order valence-electron chi connectivity index (χ0n) is 16.7. The number of nitrogens with one attached hydrogen (secondary N) is 1.